The van der Waals surface area contributed by atoms with E-state index in [0.29, 0.717) is 6.04 Å². The van der Waals surface area contributed by atoms with E-state index < -0.39 is 0 Å². The van der Waals surface area contributed by atoms with E-state index in [4.69, 9.17) is 0 Å². The highest BCUT2D eigenvalue weighted by atomic mass is 32.1. The van der Waals surface area contributed by atoms with Crippen molar-refractivity contribution in [2.24, 2.45) is 0 Å². The average molecular weight is 253 g/mol. The molecule has 1 unspecified atom stereocenters. The molecule has 0 amide bonds. The van der Waals surface area contributed by atoms with Crippen molar-refractivity contribution >= 4 is 11.3 Å². The highest BCUT2D eigenvalue weighted by Gasteiger charge is 2.14. The third kappa shape index (κ3) is 3.50. The van der Waals surface area contributed by atoms with Crippen molar-refractivity contribution in [3.8, 4) is 0 Å². The van der Waals surface area contributed by atoms with Gasteiger partial charge >= 0.3 is 0 Å². The molecule has 17 heavy (non-hydrogen) atoms. The molecule has 0 radical (unpaired) electrons. The Morgan fingerprint density at radius 1 is 1.35 bits per heavy atom. The Balaban J connectivity index is 1.76. The summed E-state index contributed by atoms with van der Waals surface area (Å²) in [5.41, 5.74) is 1.19. The van der Waals surface area contributed by atoms with Gasteiger partial charge < -0.3 is 10.2 Å². The molecule has 96 valence electrons. The number of aromatic nitrogens is 1. The smallest absolute Gasteiger partial charge is 0.0900 e. The molecule has 0 saturated carbocycles. The lowest BCUT2D eigenvalue weighted by atomic mass is 10.2. The largest absolute Gasteiger partial charge is 0.308 e. The molecule has 1 aromatic heterocycles. The molecular formula is C13H23N3S. The Morgan fingerprint density at radius 2 is 2.06 bits per heavy atom. The van der Waals surface area contributed by atoms with Gasteiger partial charge in [0.05, 0.1) is 10.7 Å². The Bertz CT molecular complexity index is 356. The molecule has 0 aliphatic carbocycles. The number of hydrogen-bond donors (Lipinski definition) is 1. The van der Waals surface area contributed by atoms with Gasteiger partial charge in [0, 0.05) is 24.0 Å². The van der Waals surface area contributed by atoms with Gasteiger partial charge in [0.1, 0.15) is 0 Å². The van der Waals surface area contributed by atoms with Crippen molar-refractivity contribution in [3.05, 3.63) is 15.6 Å². The second-order valence-electron chi connectivity index (χ2n) is 4.91. The predicted octanol–water partition coefficient (Wildman–Crippen LogP) is 2.51. The zero-order valence-electron chi connectivity index (χ0n) is 11.1. The number of nitrogens with one attached hydrogen (secondary N) is 1. The first-order valence-electron chi connectivity index (χ1n) is 6.56. The maximum atomic E-state index is 4.49. The van der Waals surface area contributed by atoms with E-state index in [-0.39, 0.29) is 0 Å². The van der Waals surface area contributed by atoms with Crippen LogP contribution in [-0.2, 0) is 0 Å². The first kappa shape index (κ1) is 13.0. The lowest BCUT2D eigenvalue weighted by molar-refractivity contribution is 0.330. The summed E-state index contributed by atoms with van der Waals surface area (Å²) in [5.74, 6) is 0. The van der Waals surface area contributed by atoms with E-state index in [0.717, 1.165) is 6.54 Å². The number of likely N-dealkylation sites (tertiary alicyclic amines) is 1. The summed E-state index contributed by atoms with van der Waals surface area (Å²) in [6, 6.07) is 0.434. The minimum absolute atomic E-state index is 0.434. The van der Waals surface area contributed by atoms with Gasteiger partial charge in [-0.1, -0.05) is 0 Å². The van der Waals surface area contributed by atoms with Gasteiger partial charge in [0.25, 0.3) is 0 Å². The van der Waals surface area contributed by atoms with Crippen LogP contribution in [-0.4, -0.2) is 36.1 Å². The van der Waals surface area contributed by atoms with Crippen LogP contribution in [0.2, 0.25) is 0 Å². The van der Waals surface area contributed by atoms with Crippen molar-refractivity contribution < 1.29 is 0 Å². The van der Waals surface area contributed by atoms with Gasteiger partial charge in [0.15, 0.2) is 0 Å². The molecule has 1 aliphatic heterocycles. The molecule has 0 bridgehead atoms. The van der Waals surface area contributed by atoms with Gasteiger partial charge in [-0.05, 0) is 46.7 Å². The van der Waals surface area contributed by atoms with Crippen LogP contribution in [0.1, 0.15) is 41.4 Å². The minimum Gasteiger partial charge on any atom is -0.308 e. The predicted molar refractivity (Wildman–Crippen MR) is 73.7 cm³/mol. The maximum Gasteiger partial charge on any atom is 0.0900 e. The van der Waals surface area contributed by atoms with Crippen LogP contribution < -0.4 is 5.32 Å². The van der Waals surface area contributed by atoms with Crippen LogP contribution >= 0.6 is 11.3 Å². The molecule has 1 N–H and O–H groups in total. The van der Waals surface area contributed by atoms with Crippen LogP contribution in [0.15, 0.2) is 0 Å². The molecule has 1 atom stereocenters. The van der Waals surface area contributed by atoms with Crippen LogP contribution in [0.3, 0.4) is 0 Å². The highest BCUT2D eigenvalue weighted by Crippen LogP contribution is 2.24. The average Bonchev–Trinajstić information content (AvgIpc) is 2.88. The molecular weight excluding hydrogens is 230 g/mol. The highest BCUT2D eigenvalue weighted by molar-refractivity contribution is 7.11. The monoisotopic (exact) mass is 253 g/mol. The first-order chi connectivity index (χ1) is 8.16. The second kappa shape index (κ2) is 5.94. The molecule has 1 fully saturated rings. The summed E-state index contributed by atoms with van der Waals surface area (Å²) in [6.07, 6.45) is 2.76. The number of aryl methyl sites for hydroxylation is 2. The third-order valence-electron chi connectivity index (χ3n) is 3.41. The number of rotatable bonds is 5. The van der Waals surface area contributed by atoms with Gasteiger partial charge in [-0.3, -0.25) is 0 Å². The summed E-state index contributed by atoms with van der Waals surface area (Å²) in [7, 11) is 0. The molecule has 1 aromatic rings. The van der Waals surface area contributed by atoms with E-state index in [9.17, 15) is 0 Å². The first-order valence-corrected chi connectivity index (χ1v) is 7.38. The molecule has 1 saturated heterocycles. The van der Waals surface area contributed by atoms with E-state index in [1.54, 1.807) is 0 Å². The molecule has 1 aliphatic rings. The van der Waals surface area contributed by atoms with E-state index in [1.807, 2.05) is 11.3 Å². The van der Waals surface area contributed by atoms with E-state index >= 15 is 0 Å². The minimum atomic E-state index is 0.434. The zero-order chi connectivity index (χ0) is 12.3. The summed E-state index contributed by atoms with van der Waals surface area (Å²) >= 11 is 1.82. The molecule has 0 aromatic carbocycles. The second-order valence-corrected chi connectivity index (χ2v) is 6.14. The van der Waals surface area contributed by atoms with Crippen LogP contribution in [0.5, 0.6) is 0 Å². The fourth-order valence-electron chi connectivity index (χ4n) is 2.49. The molecule has 2 rings (SSSR count). The van der Waals surface area contributed by atoms with Gasteiger partial charge in [0.2, 0.25) is 0 Å². The van der Waals surface area contributed by atoms with Crippen molar-refractivity contribution in [3.63, 3.8) is 0 Å². The number of hydrogen-bond acceptors (Lipinski definition) is 4. The number of thiazole rings is 1. The fourth-order valence-corrected chi connectivity index (χ4v) is 3.44. The Hall–Kier alpha value is -0.450. The topological polar surface area (TPSA) is 28.2 Å². The molecule has 0 spiro atoms. The molecule has 3 nitrogen and oxygen atoms in total. The molecule has 4 heteroatoms. The Morgan fingerprint density at radius 3 is 2.65 bits per heavy atom. The maximum absolute atomic E-state index is 4.49. The fraction of sp³-hybridized carbons (Fsp3) is 0.769. The van der Waals surface area contributed by atoms with Crippen LogP contribution in [0.4, 0.5) is 0 Å². The summed E-state index contributed by atoms with van der Waals surface area (Å²) < 4.78 is 0. The number of nitrogens with zero attached hydrogens (tertiary/aromatic N) is 2. The Labute approximate surface area is 108 Å². The van der Waals surface area contributed by atoms with Gasteiger partial charge in [-0.15, -0.1) is 11.3 Å². The van der Waals surface area contributed by atoms with Crippen LogP contribution in [0.25, 0.3) is 0 Å². The summed E-state index contributed by atoms with van der Waals surface area (Å²) in [6.45, 7) is 11.3. The lowest BCUT2D eigenvalue weighted by Gasteiger charge is -2.17. The van der Waals surface area contributed by atoms with Gasteiger partial charge in [-0.25, -0.2) is 4.98 Å². The van der Waals surface area contributed by atoms with Crippen molar-refractivity contribution in [1.29, 1.82) is 0 Å². The van der Waals surface area contributed by atoms with Crippen molar-refractivity contribution in [2.45, 2.75) is 39.7 Å². The Kier molecular flexibility index (Phi) is 4.54. The summed E-state index contributed by atoms with van der Waals surface area (Å²) in [4.78, 5) is 8.42. The van der Waals surface area contributed by atoms with E-state index in [2.05, 4.69) is 36.0 Å². The zero-order valence-corrected chi connectivity index (χ0v) is 11.9. The SMILES string of the molecule is Cc1nc(C)c(C(C)NCCN2CCCC2)s1. The van der Waals surface area contributed by atoms with Crippen LogP contribution in [0, 0.1) is 13.8 Å². The van der Waals surface area contributed by atoms with E-state index in [1.165, 1.54) is 48.1 Å². The standard InChI is InChI=1S/C13H23N3S/c1-10(13-11(2)15-12(3)17-13)14-6-9-16-7-4-5-8-16/h10,14H,4-9H2,1-3H3. The quantitative estimate of drug-likeness (QED) is 0.874. The van der Waals surface area contributed by atoms with Gasteiger partial charge in [-0.2, -0.15) is 0 Å². The van der Waals surface area contributed by atoms with Crippen molar-refractivity contribution in [1.82, 2.24) is 15.2 Å². The lowest BCUT2D eigenvalue weighted by Crippen LogP contribution is -2.31. The summed E-state index contributed by atoms with van der Waals surface area (Å²) in [5, 5.41) is 4.78. The third-order valence-corrected chi connectivity index (χ3v) is 4.67. The van der Waals surface area contributed by atoms with Crippen molar-refractivity contribution in [2.75, 3.05) is 26.2 Å². The molecule has 2 heterocycles. The normalized spacial score (nSPS) is 18.8.